The average Bonchev–Trinajstić information content (AvgIpc) is 2.38. The third-order valence-corrected chi connectivity index (χ3v) is 3.52. The summed E-state index contributed by atoms with van der Waals surface area (Å²) >= 11 is 1.21. The molecule has 0 unspecified atom stereocenters. The lowest BCUT2D eigenvalue weighted by atomic mass is 10.2. The van der Waals surface area contributed by atoms with E-state index in [-0.39, 0.29) is 5.84 Å². The summed E-state index contributed by atoms with van der Waals surface area (Å²) in [5.41, 5.74) is 6.55. The lowest BCUT2D eigenvalue weighted by molar-refractivity contribution is 0.565. The number of nitrogens with two attached hydrogens (primary N) is 1. The number of rotatable bonds is 4. The summed E-state index contributed by atoms with van der Waals surface area (Å²) in [5, 5.41) is 7.41. The van der Waals surface area contributed by atoms with Crippen molar-refractivity contribution >= 4 is 17.6 Å². The Bertz CT molecular complexity index is 617. The Kier molecular flexibility index (Phi) is 4.11. The Morgan fingerprint density at radius 3 is 2.79 bits per heavy atom. The molecule has 1 aromatic heterocycles. The molecule has 0 aliphatic carbocycles. The molecule has 0 saturated heterocycles. The molecule has 19 heavy (non-hydrogen) atoms. The van der Waals surface area contributed by atoms with Gasteiger partial charge in [0, 0.05) is 22.9 Å². The van der Waals surface area contributed by atoms with E-state index >= 15 is 0 Å². The number of hydrogen-bond donors (Lipinski definition) is 2. The quantitative estimate of drug-likeness (QED) is 0.514. The van der Waals surface area contributed by atoms with Crippen LogP contribution in [0.3, 0.4) is 0 Å². The Balaban J connectivity index is 2.17. The third kappa shape index (κ3) is 3.29. The van der Waals surface area contributed by atoms with Crippen LogP contribution in [-0.4, -0.2) is 10.8 Å². The Morgan fingerprint density at radius 2 is 2.11 bits per heavy atom. The number of nitrogens with zero attached hydrogens (tertiary/aromatic N) is 1. The number of hydrogen-bond acceptors (Lipinski definition) is 3. The van der Waals surface area contributed by atoms with E-state index in [1.54, 1.807) is 18.3 Å². The summed E-state index contributed by atoms with van der Waals surface area (Å²) in [4.78, 5) is 4.36. The summed E-state index contributed by atoms with van der Waals surface area (Å²) in [6.07, 6.45) is 1.55. The highest BCUT2D eigenvalue weighted by Crippen LogP contribution is 2.26. The van der Waals surface area contributed by atoms with E-state index in [4.69, 9.17) is 11.1 Å². The highest BCUT2D eigenvalue weighted by molar-refractivity contribution is 7.98. The number of halogens is 2. The summed E-state index contributed by atoms with van der Waals surface area (Å²) < 4.78 is 26.2. The molecule has 0 spiro atoms. The Morgan fingerprint density at radius 1 is 1.32 bits per heavy atom. The highest BCUT2D eigenvalue weighted by Gasteiger charge is 2.09. The minimum absolute atomic E-state index is 0.129. The van der Waals surface area contributed by atoms with Crippen LogP contribution in [-0.2, 0) is 5.75 Å². The molecule has 6 heteroatoms. The van der Waals surface area contributed by atoms with Crippen molar-refractivity contribution in [2.24, 2.45) is 5.73 Å². The van der Waals surface area contributed by atoms with Crippen molar-refractivity contribution in [3.05, 3.63) is 59.4 Å². The molecule has 3 N–H and O–H groups in total. The predicted molar refractivity (Wildman–Crippen MR) is 71.2 cm³/mol. The lowest BCUT2D eigenvalue weighted by Crippen LogP contribution is -2.15. The van der Waals surface area contributed by atoms with E-state index < -0.39 is 11.6 Å². The fraction of sp³-hybridized carbons (Fsp3) is 0.0769. The molecule has 3 nitrogen and oxygen atoms in total. The first-order chi connectivity index (χ1) is 9.08. The zero-order valence-electron chi connectivity index (χ0n) is 9.86. The number of nitrogens with one attached hydrogen (secondary N) is 1. The average molecular weight is 279 g/mol. The van der Waals surface area contributed by atoms with Gasteiger partial charge in [-0.2, -0.15) is 0 Å². The van der Waals surface area contributed by atoms with Crippen LogP contribution in [0.25, 0.3) is 0 Å². The lowest BCUT2D eigenvalue weighted by Gasteiger charge is -2.07. The van der Waals surface area contributed by atoms with Gasteiger partial charge in [-0.1, -0.05) is 6.07 Å². The summed E-state index contributed by atoms with van der Waals surface area (Å²) in [6.45, 7) is 0. The zero-order valence-corrected chi connectivity index (χ0v) is 10.7. The molecule has 0 aliphatic heterocycles. The van der Waals surface area contributed by atoms with Crippen molar-refractivity contribution in [1.29, 1.82) is 5.41 Å². The Hall–Kier alpha value is -1.95. The molecule has 1 aromatic carbocycles. The van der Waals surface area contributed by atoms with E-state index in [0.29, 0.717) is 16.3 Å². The van der Waals surface area contributed by atoms with Crippen LogP contribution >= 0.6 is 11.8 Å². The maximum atomic E-state index is 13.5. The maximum Gasteiger partial charge on any atom is 0.142 e. The van der Waals surface area contributed by atoms with Gasteiger partial charge < -0.3 is 5.73 Å². The molecule has 98 valence electrons. The molecule has 0 fully saturated rings. The van der Waals surface area contributed by atoms with Gasteiger partial charge in [0.1, 0.15) is 23.2 Å². The van der Waals surface area contributed by atoms with Crippen molar-refractivity contribution < 1.29 is 8.78 Å². The molecule has 0 saturated carbocycles. The fourth-order valence-corrected chi connectivity index (χ4v) is 2.45. The van der Waals surface area contributed by atoms with Gasteiger partial charge in [-0.15, -0.1) is 11.8 Å². The SMILES string of the molecule is N=C(N)c1ncccc1CSc1ccc(F)cc1F. The van der Waals surface area contributed by atoms with Crippen molar-refractivity contribution in [2.45, 2.75) is 10.6 Å². The predicted octanol–water partition coefficient (Wildman–Crippen LogP) is 2.94. The van der Waals surface area contributed by atoms with Crippen LogP contribution in [0.5, 0.6) is 0 Å². The first-order valence-electron chi connectivity index (χ1n) is 5.44. The van der Waals surface area contributed by atoms with Crippen LogP contribution in [0.1, 0.15) is 11.3 Å². The second-order valence-corrected chi connectivity index (χ2v) is 4.81. The summed E-state index contributed by atoms with van der Waals surface area (Å²) in [7, 11) is 0. The van der Waals surface area contributed by atoms with Gasteiger partial charge in [-0.3, -0.25) is 10.4 Å². The second kappa shape index (κ2) is 5.79. The first kappa shape index (κ1) is 13.5. The molecule has 0 amide bonds. The molecule has 0 aliphatic rings. The van der Waals surface area contributed by atoms with Crippen LogP contribution < -0.4 is 5.73 Å². The van der Waals surface area contributed by atoms with E-state index in [2.05, 4.69) is 4.98 Å². The number of pyridine rings is 1. The molecular formula is C13H11F2N3S. The molecule has 0 bridgehead atoms. The monoisotopic (exact) mass is 279 g/mol. The van der Waals surface area contributed by atoms with Crippen LogP contribution in [0.15, 0.2) is 41.4 Å². The summed E-state index contributed by atoms with van der Waals surface area (Å²) in [6, 6.07) is 6.94. The summed E-state index contributed by atoms with van der Waals surface area (Å²) in [5.74, 6) is -0.924. The van der Waals surface area contributed by atoms with Crippen LogP contribution in [0, 0.1) is 17.0 Å². The normalized spacial score (nSPS) is 10.4. The highest BCUT2D eigenvalue weighted by atomic mass is 32.2. The van der Waals surface area contributed by atoms with Crippen molar-refractivity contribution in [2.75, 3.05) is 0 Å². The minimum Gasteiger partial charge on any atom is -0.382 e. The smallest absolute Gasteiger partial charge is 0.142 e. The maximum absolute atomic E-state index is 13.5. The first-order valence-corrected chi connectivity index (χ1v) is 6.42. The number of amidine groups is 1. The third-order valence-electron chi connectivity index (χ3n) is 2.42. The number of aromatic nitrogens is 1. The van der Waals surface area contributed by atoms with Gasteiger partial charge in [-0.05, 0) is 23.8 Å². The minimum atomic E-state index is -0.604. The van der Waals surface area contributed by atoms with Crippen molar-refractivity contribution in [1.82, 2.24) is 4.98 Å². The molecule has 0 atom stereocenters. The topological polar surface area (TPSA) is 62.8 Å². The number of benzene rings is 1. The standard InChI is InChI=1S/C13H11F2N3S/c14-9-3-4-11(10(15)6-9)19-7-8-2-1-5-18-12(8)13(16)17/h1-6H,7H2,(H3,16,17). The van der Waals surface area contributed by atoms with Crippen LogP contribution in [0.4, 0.5) is 8.78 Å². The molecule has 2 aromatic rings. The zero-order chi connectivity index (χ0) is 13.8. The molecule has 2 rings (SSSR count). The number of thioether (sulfide) groups is 1. The molecular weight excluding hydrogens is 268 g/mol. The molecule has 0 radical (unpaired) electrons. The van der Waals surface area contributed by atoms with Gasteiger partial charge in [0.2, 0.25) is 0 Å². The van der Waals surface area contributed by atoms with E-state index in [1.807, 2.05) is 0 Å². The van der Waals surface area contributed by atoms with Crippen molar-refractivity contribution in [3.8, 4) is 0 Å². The van der Waals surface area contributed by atoms with E-state index in [1.165, 1.54) is 23.9 Å². The number of nitrogen functional groups attached to an aromatic ring is 1. The fourth-order valence-electron chi connectivity index (χ4n) is 1.55. The van der Waals surface area contributed by atoms with Gasteiger partial charge in [0.15, 0.2) is 0 Å². The van der Waals surface area contributed by atoms with Gasteiger partial charge in [0.05, 0.1) is 0 Å². The largest absolute Gasteiger partial charge is 0.382 e. The van der Waals surface area contributed by atoms with Crippen molar-refractivity contribution in [3.63, 3.8) is 0 Å². The van der Waals surface area contributed by atoms with Gasteiger partial charge in [0.25, 0.3) is 0 Å². The van der Waals surface area contributed by atoms with Gasteiger partial charge >= 0.3 is 0 Å². The van der Waals surface area contributed by atoms with E-state index in [9.17, 15) is 8.78 Å². The van der Waals surface area contributed by atoms with Crippen LogP contribution in [0.2, 0.25) is 0 Å². The van der Waals surface area contributed by atoms with E-state index in [0.717, 1.165) is 11.6 Å². The second-order valence-electron chi connectivity index (χ2n) is 3.79. The Labute approximate surface area is 113 Å². The molecule has 1 heterocycles. The van der Waals surface area contributed by atoms with Gasteiger partial charge in [-0.25, -0.2) is 8.78 Å².